The highest BCUT2D eigenvalue weighted by Gasteiger charge is 2.33. The first-order valence-electron chi connectivity index (χ1n) is 7.98. The van der Waals surface area contributed by atoms with E-state index in [1.165, 1.54) is 14.0 Å². The van der Waals surface area contributed by atoms with Gasteiger partial charge < -0.3 is 19.9 Å². The number of rotatable bonds is 7. The van der Waals surface area contributed by atoms with Crippen molar-refractivity contribution in [1.29, 1.82) is 0 Å². The Bertz CT molecular complexity index is 779. The smallest absolute Gasteiger partial charge is 0.433 e. The number of aromatic nitrogens is 1. The number of aliphatic hydroxyl groups is 1. The van der Waals surface area contributed by atoms with Gasteiger partial charge in [0.25, 0.3) is 5.91 Å². The number of aliphatic hydroxyl groups excluding tert-OH is 1. The first-order valence-corrected chi connectivity index (χ1v) is 7.98. The van der Waals surface area contributed by atoms with Gasteiger partial charge in [-0.1, -0.05) is 0 Å². The number of nitrogens with one attached hydrogen (secondary N) is 1. The summed E-state index contributed by atoms with van der Waals surface area (Å²) < 4.78 is 48.2. The van der Waals surface area contributed by atoms with E-state index in [4.69, 9.17) is 9.47 Å². The number of pyridine rings is 1. The lowest BCUT2D eigenvalue weighted by Crippen LogP contribution is -2.35. The number of halogens is 3. The van der Waals surface area contributed by atoms with Gasteiger partial charge in [0.05, 0.1) is 18.4 Å². The summed E-state index contributed by atoms with van der Waals surface area (Å²) >= 11 is 0. The number of nitrogens with zero attached hydrogens (tertiary/aromatic N) is 1. The van der Waals surface area contributed by atoms with Gasteiger partial charge in [-0.2, -0.15) is 13.2 Å². The Labute approximate surface area is 153 Å². The SMILES string of the molecule is COc1ccc(OCC(O)CNC(=O)c2ccc(C(F)(F)F)nc2C)cc1. The summed E-state index contributed by atoms with van der Waals surface area (Å²) in [5, 5.41) is 12.3. The molecule has 0 radical (unpaired) electrons. The maximum atomic E-state index is 12.6. The molecule has 1 atom stereocenters. The lowest BCUT2D eigenvalue weighted by atomic mass is 10.1. The third kappa shape index (κ3) is 5.85. The normalized spacial score (nSPS) is 12.4. The molecule has 0 aliphatic rings. The molecule has 2 N–H and O–H groups in total. The monoisotopic (exact) mass is 384 g/mol. The number of hydrogen-bond donors (Lipinski definition) is 2. The van der Waals surface area contributed by atoms with E-state index in [1.54, 1.807) is 24.3 Å². The van der Waals surface area contributed by atoms with Gasteiger partial charge in [0, 0.05) is 6.54 Å². The molecule has 0 spiro atoms. The summed E-state index contributed by atoms with van der Waals surface area (Å²) in [5.41, 5.74) is -1.11. The summed E-state index contributed by atoms with van der Waals surface area (Å²) in [5.74, 6) is 0.553. The number of benzene rings is 1. The largest absolute Gasteiger partial charge is 0.497 e. The van der Waals surface area contributed by atoms with Gasteiger partial charge in [0.15, 0.2) is 0 Å². The molecule has 6 nitrogen and oxygen atoms in total. The molecule has 1 unspecified atom stereocenters. The molecule has 0 saturated heterocycles. The van der Waals surface area contributed by atoms with E-state index in [0.717, 1.165) is 12.1 Å². The minimum Gasteiger partial charge on any atom is -0.497 e. The third-order valence-electron chi connectivity index (χ3n) is 3.62. The predicted molar refractivity (Wildman–Crippen MR) is 90.8 cm³/mol. The Kier molecular flexibility index (Phi) is 6.62. The maximum Gasteiger partial charge on any atom is 0.433 e. The molecule has 2 aromatic rings. The van der Waals surface area contributed by atoms with Crippen molar-refractivity contribution < 1.29 is 32.5 Å². The van der Waals surface area contributed by atoms with Crippen molar-refractivity contribution in [2.24, 2.45) is 0 Å². The number of carbonyl (C=O) groups is 1. The van der Waals surface area contributed by atoms with Crippen LogP contribution in [0.4, 0.5) is 13.2 Å². The van der Waals surface area contributed by atoms with E-state index in [1.807, 2.05) is 0 Å². The average Bonchev–Trinajstić information content (AvgIpc) is 2.64. The highest BCUT2D eigenvalue weighted by Crippen LogP contribution is 2.28. The van der Waals surface area contributed by atoms with Gasteiger partial charge in [0.2, 0.25) is 0 Å². The van der Waals surface area contributed by atoms with Crippen LogP contribution >= 0.6 is 0 Å². The average molecular weight is 384 g/mol. The molecule has 1 aromatic carbocycles. The molecule has 1 amide bonds. The Morgan fingerprint density at radius 3 is 2.37 bits per heavy atom. The van der Waals surface area contributed by atoms with Crippen LogP contribution in [-0.4, -0.2) is 42.4 Å². The third-order valence-corrected chi connectivity index (χ3v) is 3.62. The van der Waals surface area contributed by atoms with Gasteiger partial charge in [0.1, 0.15) is 29.9 Å². The van der Waals surface area contributed by atoms with Crippen LogP contribution in [0.2, 0.25) is 0 Å². The van der Waals surface area contributed by atoms with E-state index in [0.29, 0.717) is 11.5 Å². The molecule has 27 heavy (non-hydrogen) atoms. The zero-order chi connectivity index (χ0) is 20.0. The number of amides is 1. The second kappa shape index (κ2) is 8.72. The van der Waals surface area contributed by atoms with Crippen LogP contribution in [0.5, 0.6) is 11.5 Å². The minimum atomic E-state index is -4.57. The molecule has 0 aliphatic heterocycles. The van der Waals surface area contributed by atoms with Gasteiger partial charge in [-0.3, -0.25) is 4.79 Å². The Hall–Kier alpha value is -2.81. The molecule has 0 saturated carbocycles. The van der Waals surface area contributed by atoms with Gasteiger partial charge in [-0.05, 0) is 43.3 Å². The fraction of sp³-hybridized carbons (Fsp3) is 0.333. The zero-order valence-electron chi connectivity index (χ0n) is 14.7. The zero-order valence-corrected chi connectivity index (χ0v) is 14.7. The number of methoxy groups -OCH3 is 1. The van der Waals surface area contributed by atoms with Crippen molar-refractivity contribution in [2.75, 3.05) is 20.3 Å². The number of aryl methyl sites for hydroxylation is 1. The van der Waals surface area contributed by atoms with Crippen molar-refractivity contribution in [3.05, 3.63) is 53.3 Å². The number of hydrogen-bond acceptors (Lipinski definition) is 5. The summed E-state index contributed by atoms with van der Waals surface area (Å²) in [6, 6.07) is 8.53. The van der Waals surface area contributed by atoms with Crippen molar-refractivity contribution >= 4 is 5.91 Å². The quantitative estimate of drug-likeness (QED) is 0.767. The van der Waals surface area contributed by atoms with Gasteiger partial charge in [-0.15, -0.1) is 0 Å². The molecule has 1 heterocycles. The lowest BCUT2D eigenvalue weighted by molar-refractivity contribution is -0.141. The maximum absolute atomic E-state index is 12.6. The second-order valence-electron chi connectivity index (χ2n) is 5.68. The van der Waals surface area contributed by atoms with E-state index in [-0.39, 0.29) is 24.4 Å². The van der Waals surface area contributed by atoms with Crippen LogP contribution in [0, 0.1) is 6.92 Å². The summed E-state index contributed by atoms with van der Waals surface area (Å²) in [7, 11) is 1.54. The molecular formula is C18H19F3N2O4. The Morgan fingerprint density at radius 1 is 1.19 bits per heavy atom. The van der Waals surface area contributed by atoms with Gasteiger partial charge in [-0.25, -0.2) is 4.98 Å². The fourth-order valence-electron chi connectivity index (χ4n) is 2.19. The molecule has 0 fully saturated rings. The second-order valence-corrected chi connectivity index (χ2v) is 5.68. The first kappa shape index (κ1) is 20.5. The number of ether oxygens (including phenoxy) is 2. The summed E-state index contributed by atoms with van der Waals surface area (Å²) in [6.45, 7) is 1.11. The van der Waals surface area contributed by atoms with Crippen molar-refractivity contribution in [2.45, 2.75) is 19.2 Å². The van der Waals surface area contributed by atoms with E-state index in [9.17, 15) is 23.1 Å². The minimum absolute atomic E-state index is 0.00581. The Morgan fingerprint density at radius 2 is 1.81 bits per heavy atom. The van der Waals surface area contributed by atoms with Crippen LogP contribution in [0.25, 0.3) is 0 Å². The molecule has 9 heteroatoms. The van der Waals surface area contributed by atoms with Crippen molar-refractivity contribution in [3.8, 4) is 11.5 Å². The fourth-order valence-corrected chi connectivity index (χ4v) is 2.19. The standard InChI is InChI=1S/C18H19F3N2O4/c1-11-15(7-8-16(23-11)18(19,20)21)17(25)22-9-12(24)10-27-14-5-3-13(26-2)4-6-14/h3-8,12,24H,9-10H2,1-2H3,(H,22,25). The number of carbonyl (C=O) groups excluding carboxylic acids is 1. The van der Waals surface area contributed by atoms with E-state index < -0.39 is 23.9 Å². The highest BCUT2D eigenvalue weighted by atomic mass is 19.4. The van der Waals surface area contributed by atoms with E-state index >= 15 is 0 Å². The van der Waals surface area contributed by atoms with Crippen molar-refractivity contribution in [3.63, 3.8) is 0 Å². The van der Waals surface area contributed by atoms with Crippen LogP contribution in [0.15, 0.2) is 36.4 Å². The van der Waals surface area contributed by atoms with Crippen molar-refractivity contribution in [1.82, 2.24) is 10.3 Å². The van der Waals surface area contributed by atoms with Crippen LogP contribution in [-0.2, 0) is 6.18 Å². The van der Waals surface area contributed by atoms with Crippen LogP contribution in [0.3, 0.4) is 0 Å². The predicted octanol–water partition coefficient (Wildman–Crippen LogP) is 2.59. The van der Waals surface area contributed by atoms with Crippen LogP contribution < -0.4 is 14.8 Å². The molecule has 146 valence electrons. The molecule has 0 aliphatic carbocycles. The highest BCUT2D eigenvalue weighted by molar-refractivity contribution is 5.95. The van der Waals surface area contributed by atoms with E-state index in [2.05, 4.69) is 10.3 Å². The lowest BCUT2D eigenvalue weighted by Gasteiger charge is -2.14. The summed E-state index contributed by atoms with van der Waals surface area (Å²) in [6.07, 6.45) is -5.58. The topological polar surface area (TPSA) is 80.7 Å². The molecule has 2 rings (SSSR count). The molecule has 0 bridgehead atoms. The van der Waals surface area contributed by atoms with Gasteiger partial charge >= 0.3 is 6.18 Å². The number of alkyl halides is 3. The molecular weight excluding hydrogens is 365 g/mol. The molecule has 1 aromatic heterocycles. The van der Waals surface area contributed by atoms with Crippen LogP contribution in [0.1, 0.15) is 21.7 Å². The summed E-state index contributed by atoms with van der Waals surface area (Å²) in [4.78, 5) is 15.5. The first-order chi connectivity index (χ1) is 12.7. The Balaban J connectivity index is 1.85.